The molecule has 0 aliphatic rings. The Balaban J connectivity index is 2.10. The smallest absolute Gasteiger partial charge is 0.146 e. The second kappa shape index (κ2) is 6.66. The molecule has 3 N–H and O–H groups in total. The highest BCUT2D eigenvalue weighted by Gasteiger charge is 2.15. The van der Waals surface area contributed by atoms with Crippen molar-refractivity contribution in [2.45, 2.75) is 12.6 Å². The first kappa shape index (κ1) is 14.0. The molecule has 0 aromatic heterocycles. The molecule has 2 aromatic carbocycles. The van der Waals surface area contributed by atoms with Gasteiger partial charge in [0.1, 0.15) is 5.82 Å². The molecule has 0 bridgehead atoms. The van der Waals surface area contributed by atoms with Crippen molar-refractivity contribution in [2.75, 3.05) is 6.54 Å². The third kappa shape index (κ3) is 3.53. The highest BCUT2D eigenvalue weighted by atomic mass is 35.5. The summed E-state index contributed by atoms with van der Waals surface area (Å²) in [6.07, 6.45) is 0. The summed E-state index contributed by atoms with van der Waals surface area (Å²) in [4.78, 5) is 0. The SMILES string of the molecule is NCC(NCc1ccccc1)c1cccc(Cl)c1F. The summed E-state index contributed by atoms with van der Waals surface area (Å²) in [6, 6.07) is 14.6. The van der Waals surface area contributed by atoms with Crippen LogP contribution < -0.4 is 11.1 Å². The molecule has 0 aliphatic carbocycles. The largest absolute Gasteiger partial charge is 0.329 e. The van der Waals surface area contributed by atoms with Crippen molar-refractivity contribution in [3.8, 4) is 0 Å². The Morgan fingerprint density at radius 2 is 1.84 bits per heavy atom. The average Bonchev–Trinajstić information content (AvgIpc) is 2.45. The summed E-state index contributed by atoms with van der Waals surface area (Å²) in [5.41, 5.74) is 7.35. The van der Waals surface area contributed by atoms with E-state index in [1.54, 1.807) is 12.1 Å². The maximum atomic E-state index is 13.9. The van der Waals surface area contributed by atoms with Crippen molar-refractivity contribution < 1.29 is 4.39 Å². The minimum Gasteiger partial charge on any atom is -0.329 e. The van der Waals surface area contributed by atoms with Gasteiger partial charge >= 0.3 is 0 Å². The molecule has 2 rings (SSSR count). The Labute approximate surface area is 117 Å². The second-order valence-electron chi connectivity index (χ2n) is 4.30. The van der Waals surface area contributed by atoms with Gasteiger partial charge in [0.05, 0.1) is 5.02 Å². The van der Waals surface area contributed by atoms with Gasteiger partial charge in [-0.2, -0.15) is 0 Å². The average molecular weight is 279 g/mol. The van der Waals surface area contributed by atoms with Gasteiger partial charge in [-0.25, -0.2) is 4.39 Å². The molecular weight excluding hydrogens is 263 g/mol. The van der Waals surface area contributed by atoms with Crippen molar-refractivity contribution in [3.63, 3.8) is 0 Å². The van der Waals surface area contributed by atoms with Crippen LogP contribution in [0.4, 0.5) is 4.39 Å². The summed E-state index contributed by atoms with van der Waals surface area (Å²) in [5.74, 6) is -0.403. The molecule has 19 heavy (non-hydrogen) atoms. The Hall–Kier alpha value is -1.42. The molecule has 1 unspecified atom stereocenters. The maximum absolute atomic E-state index is 13.9. The summed E-state index contributed by atoms with van der Waals surface area (Å²) < 4.78 is 13.9. The molecule has 1 atom stereocenters. The van der Waals surface area contributed by atoms with Gasteiger partial charge in [-0.15, -0.1) is 0 Å². The van der Waals surface area contributed by atoms with E-state index < -0.39 is 5.82 Å². The topological polar surface area (TPSA) is 38.0 Å². The lowest BCUT2D eigenvalue weighted by Crippen LogP contribution is -2.28. The van der Waals surface area contributed by atoms with Crippen molar-refractivity contribution in [1.82, 2.24) is 5.32 Å². The van der Waals surface area contributed by atoms with Crippen LogP contribution in [-0.2, 0) is 6.54 Å². The van der Waals surface area contributed by atoms with E-state index in [0.717, 1.165) is 5.56 Å². The molecular formula is C15H16ClFN2. The molecule has 100 valence electrons. The van der Waals surface area contributed by atoms with E-state index in [1.165, 1.54) is 6.07 Å². The van der Waals surface area contributed by atoms with Crippen molar-refractivity contribution in [3.05, 3.63) is 70.5 Å². The molecule has 2 aromatic rings. The summed E-state index contributed by atoms with van der Waals surface area (Å²) >= 11 is 5.79. The van der Waals surface area contributed by atoms with E-state index in [9.17, 15) is 4.39 Å². The number of nitrogens with one attached hydrogen (secondary N) is 1. The second-order valence-corrected chi connectivity index (χ2v) is 4.71. The van der Waals surface area contributed by atoms with Gasteiger partial charge in [0.15, 0.2) is 0 Å². The van der Waals surface area contributed by atoms with Crippen LogP contribution in [-0.4, -0.2) is 6.54 Å². The lowest BCUT2D eigenvalue weighted by Gasteiger charge is -2.18. The standard InChI is InChI=1S/C15H16ClFN2/c16-13-8-4-7-12(15(13)17)14(9-18)19-10-11-5-2-1-3-6-11/h1-8,14,19H,9-10,18H2. The van der Waals surface area contributed by atoms with E-state index >= 15 is 0 Å². The van der Waals surface area contributed by atoms with Crippen LogP contribution in [0.2, 0.25) is 5.02 Å². The molecule has 0 amide bonds. The molecule has 0 saturated carbocycles. The molecule has 0 saturated heterocycles. The molecule has 4 heteroatoms. The fourth-order valence-electron chi connectivity index (χ4n) is 1.95. The highest BCUT2D eigenvalue weighted by Crippen LogP contribution is 2.23. The van der Waals surface area contributed by atoms with E-state index in [0.29, 0.717) is 18.7 Å². The predicted molar refractivity (Wildman–Crippen MR) is 76.5 cm³/mol. The Bertz CT molecular complexity index is 531. The van der Waals surface area contributed by atoms with Crippen molar-refractivity contribution in [2.24, 2.45) is 5.73 Å². The minimum absolute atomic E-state index is 0.123. The number of hydrogen-bond donors (Lipinski definition) is 2. The molecule has 0 spiro atoms. The number of rotatable bonds is 5. The minimum atomic E-state index is -0.403. The van der Waals surface area contributed by atoms with E-state index in [4.69, 9.17) is 17.3 Å². The first-order chi connectivity index (χ1) is 9.22. The number of halogens is 2. The first-order valence-electron chi connectivity index (χ1n) is 6.13. The predicted octanol–water partition coefficient (Wildman–Crippen LogP) is 3.27. The fraction of sp³-hybridized carbons (Fsp3) is 0.200. The number of hydrogen-bond acceptors (Lipinski definition) is 2. The third-order valence-electron chi connectivity index (χ3n) is 2.99. The van der Waals surface area contributed by atoms with Crippen molar-refractivity contribution >= 4 is 11.6 Å². The van der Waals surface area contributed by atoms with Crippen LogP contribution in [0.25, 0.3) is 0 Å². The fourth-order valence-corrected chi connectivity index (χ4v) is 2.13. The zero-order valence-corrected chi connectivity index (χ0v) is 11.2. The molecule has 0 radical (unpaired) electrons. The molecule has 0 aliphatic heterocycles. The number of benzene rings is 2. The monoisotopic (exact) mass is 278 g/mol. The van der Waals surface area contributed by atoms with Crippen molar-refractivity contribution in [1.29, 1.82) is 0 Å². The third-order valence-corrected chi connectivity index (χ3v) is 3.28. The lowest BCUT2D eigenvalue weighted by molar-refractivity contribution is 0.506. The molecule has 2 nitrogen and oxygen atoms in total. The first-order valence-corrected chi connectivity index (χ1v) is 6.51. The lowest BCUT2D eigenvalue weighted by atomic mass is 10.1. The quantitative estimate of drug-likeness (QED) is 0.881. The van der Waals surface area contributed by atoms with Crippen LogP contribution in [0, 0.1) is 5.82 Å². The van der Waals surface area contributed by atoms with Gasteiger partial charge in [-0.05, 0) is 11.6 Å². The van der Waals surface area contributed by atoms with Gasteiger partial charge in [0.2, 0.25) is 0 Å². The molecule has 0 heterocycles. The van der Waals surface area contributed by atoms with Crippen LogP contribution in [0.15, 0.2) is 48.5 Å². The highest BCUT2D eigenvalue weighted by molar-refractivity contribution is 6.30. The Morgan fingerprint density at radius 1 is 1.11 bits per heavy atom. The van der Waals surface area contributed by atoms with Gasteiger partial charge in [-0.1, -0.05) is 54.1 Å². The molecule has 0 fully saturated rings. The zero-order valence-electron chi connectivity index (χ0n) is 10.4. The summed E-state index contributed by atoms with van der Waals surface area (Å²) in [5, 5.41) is 3.37. The Kier molecular flexibility index (Phi) is 4.91. The summed E-state index contributed by atoms with van der Waals surface area (Å²) in [7, 11) is 0. The van der Waals surface area contributed by atoms with Gasteiger partial charge in [0.25, 0.3) is 0 Å². The van der Waals surface area contributed by atoms with Crippen LogP contribution in [0.3, 0.4) is 0 Å². The van der Waals surface area contributed by atoms with E-state index in [1.807, 2.05) is 30.3 Å². The normalized spacial score (nSPS) is 12.4. The van der Waals surface area contributed by atoms with Gasteiger partial charge in [0, 0.05) is 24.7 Å². The van der Waals surface area contributed by atoms with Crippen LogP contribution >= 0.6 is 11.6 Å². The van der Waals surface area contributed by atoms with Gasteiger partial charge < -0.3 is 11.1 Å². The maximum Gasteiger partial charge on any atom is 0.146 e. The van der Waals surface area contributed by atoms with Crippen LogP contribution in [0.5, 0.6) is 0 Å². The van der Waals surface area contributed by atoms with E-state index in [2.05, 4.69) is 5.32 Å². The van der Waals surface area contributed by atoms with Gasteiger partial charge in [-0.3, -0.25) is 0 Å². The van der Waals surface area contributed by atoms with Crippen LogP contribution in [0.1, 0.15) is 17.2 Å². The number of nitrogens with two attached hydrogens (primary N) is 1. The Morgan fingerprint density at radius 3 is 2.53 bits per heavy atom. The zero-order chi connectivity index (χ0) is 13.7. The van der Waals surface area contributed by atoms with E-state index in [-0.39, 0.29) is 11.1 Å². The summed E-state index contributed by atoms with van der Waals surface area (Å²) in [6.45, 7) is 0.943.